The molecule has 3 aromatic carbocycles. The number of aliphatic hydroxyl groups is 1. The predicted octanol–water partition coefficient (Wildman–Crippen LogP) is 8.81. The Morgan fingerprint density at radius 3 is 2.26 bits per heavy atom. The number of nitrogens with zero attached hydrogens (tertiary/aromatic N) is 3. The Bertz CT molecular complexity index is 1900. The van der Waals surface area contributed by atoms with E-state index >= 15 is 0 Å². The van der Waals surface area contributed by atoms with Gasteiger partial charge in [-0.05, 0) is 78.9 Å². The topological polar surface area (TPSA) is 110 Å². The molecule has 5 aromatic rings. The van der Waals surface area contributed by atoms with E-state index in [1.54, 1.807) is 42.5 Å². The highest BCUT2D eigenvalue weighted by molar-refractivity contribution is 6.29. The molecule has 47 heavy (non-hydrogen) atoms. The molecule has 2 N–H and O–H groups in total. The minimum atomic E-state index is -4.93. The van der Waals surface area contributed by atoms with Crippen molar-refractivity contribution in [3.8, 4) is 5.75 Å². The first-order valence-corrected chi connectivity index (χ1v) is 14.9. The van der Waals surface area contributed by atoms with E-state index in [0.717, 1.165) is 18.2 Å². The van der Waals surface area contributed by atoms with Crippen molar-refractivity contribution in [2.75, 3.05) is 19.0 Å². The van der Waals surface area contributed by atoms with Crippen molar-refractivity contribution >= 4 is 44.8 Å². The fraction of sp³-hybridized carbons (Fsp3) is 0.294. The number of methoxy groups -OCH3 is 1. The molecular formula is C34H33ClF4N4O4. The van der Waals surface area contributed by atoms with Crippen molar-refractivity contribution in [3.63, 3.8) is 0 Å². The maximum absolute atomic E-state index is 14.1. The third kappa shape index (κ3) is 8.06. The molecule has 5 rings (SSSR count). The number of aryl methyl sites for hydroxylation is 1. The molecule has 0 spiro atoms. The molecule has 8 nitrogen and oxygen atoms in total. The largest absolute Gasteiger partial charge is 0.496 e. The van der Waals surface area contributed by atoms with Crippen molar-refractivity contribution in [1.82, 2.24) is 9.97 Å². The Balaban J connectivity index is 0.000000295. The van der Waals surface area contributed by atoms with Crippen LogP contribution in [0.25, 0.3) is 21.8 Å². The zero-order valence-electron chi connectivity index (χ0n) is 26.0. The van der Waals surface area contributed by atoms with E-state index in [1.165, 1.54) is 45.2 Å². The predicted molar refractivity (Wildman–Crippen MR) is 175 cm³/mol. The molecule has 13 heteroatoms. The number of nitro groups is 1. The lowest BCUT2D eigenvalue weighted by Crippen LogP contribution is -2.53. The van der Waals surface area contributed by atoms with E-state index in [2.05, 4.69) is 15.3 Å². The number of halogens is 5. The van der Waals surface area contributed by atoms with Crippen molar-refractivity contribution in [2.24, 2.45) is 0 Å². The summed E-state index contributed by atoms with van der Waals surface area (Å²) >= 11 is 5.67. The zero-order chi connectivity index (χ0) is 34.6. The van der Waals surface area contributed by atoms with Crippen LogP contribution in [0.4, 0.5) is 28.9 Å². The first-order valence-electron chi connectivity index (χ1n) is 14.5. The summed E-state index contributed by atoms with van der Waals surface area (Å²) in [5.41, 5.74) is -1.56. The normalized spacial score (nSPS) is 13.1. The van der Waals surface area contributed by atoms with Crippen molar-refractivity contribution in [2.45, 2.75) is 50.8 Å². The average molecular weight is 673 g/mol. The van der Waals surface area contributed by atoms with Gasteiger partial charge in [0.25, 0.3) is 5.69 Å². The lowest BCUT2D eigenvalue weighted by atomic mass is 9.74. The molecule has 0 saturated heterocycles. The summed E-state index contributed by atoms with van der Waals surface area (Å²) < 4.78 is 61.5. The van der Waals surface area contributed by atoms with Gasteiger partial charge < -0.3 is 15.2 Å². The Morgan fingerprint density at radius 2 is 1.62 bits per heavy atom. The van der Waals surface area contributed by atoms with Crippen LogP contribution in [0.1, 0.15) is 38.4 Å². The van der Waals surface area contributed by atoms with Gasteiger partial charge in [-0.15, -0.1) is 0 Å². The number of hydrogen-bond acceptors (Lipinski definition) is 7. The number of anilines is 1. The van der Waals surface area contributed by atoms with E-state index < -0.39 is 40.9 Å². The Kier molecular flexibility index (Phi) is 10.6. The van der Waals surface area contributed by atoms with Gasteiger partial charge in [0.2, 0.25) is 0 Å². The van der Waals surface area contributed by atoms with Crippen LogP contribution in [0.5, 0.6) is 5.75 Å². The molecule has 0 bridgehead atoms. The standard InChI is InChI=1S/C25H28F4N2O2.C9H5ClN2O2/c1-5-17-10-11-18-20(7-6-8-21(18)31-17)30-15-24(32,25(27,28)29)14-23(2,3)19-13-16(26)9-12-22(19)33-4;10-9-5-4-6-7(11-9)2-1-3-8(6)12(13)14/h6-13,30,32H,5,14-15H2,1-4H3;1-5H. The SMILES string of the molecule is CCc1ccc2c(NCC(O)(CC(C)(C)c3cc(F)ccc3OC)C(F)(F)F)cccc2n1.O=[N+]([O-])c1cccc2nc(Cl)ccc12. The fourth-order valence-corrected chi connectivity index (χ4v) is 5.52. The lowest BCUT2D eigenvalue weighted by Gasteiger charge is -2.38. The van der Waals surface area contributed by atoms with Crippen LogP contribution in [0.15, 0.2) is 78.9 Å². The van der Waals surface area contributed by atoms with Crippen molar-refractivity contribution < 1.29 is 32.3 Å². The molecule has 0 aliphatic carbocycles. The zero-order valence-corrected chi connectivity index (χ0v) is 26.8. The Labute approximate surface area is 273 Å². The van der Waals surface area contributed by atoms with Crippen LogP contribution in [0, 0.1) is 15.9 Å². The number of nitro benzene ring substituents is 1. The number of pyridine rings is 2. The quantitative estimate of drug-likeness (QED) is 0.0697. The number of fused-ring (bicyclic) bond motifs is 2. The molecule has 0 amide bonds. The molecule has 0 saturated carbocycles. The molecule has 2 heterocycles. The molecule has 1 atom stereocenters. The van der Waals surface area contributed by atoms with Gasteiger partial charge in [0.15, 0.2) is 5.60 Å². The second-order valence-electron chi connectivity index (χ2n) is 11.6. The summed E-state index contributed by atoms with van der Waals surface area (Å²) in [4.78, 5) is 18.7. The minimum absolute atomic E-state index is 0.0478. The van der Waals surface area contributed by atoms with Crippen LogP contribution >= 0.6 is 11.6 Å². The smallest absolute Gasteiger partial charge is 0.418 e. The third-order valence-electron chi connectivity index (χ3n) is 7.75. The number of rotatable bonds is 9. The van der Waals surface area contributed by atoms with Gasteiger partial charge in [0, 0.05) is 28.4 Å². The van der Waals surface area contributed by atoms with Gasteiger partial charge in [-0.2, -0.15) is 13.2 Å². The number of alkyl halides is 3. The van der Waals surface area contributed by atoms with E-state index in [-0.39, 0.29) is 17.0 Å². The van der Waals surface area contributed by atoms with Crippen molar-refractivity contribution in [3.05, 3.63) is 111 Å². The van der Waals surface area contributed by atoms with Gasteiger partial charge in [-0.1, -0.05) is 44.5 Å². The Morgan fingerprint density at radius 1 is 0.957 bits per heavy atom. The van der Waals surface area contributed by atoms with Crippen LogP contribution in [0.2, 0.25) is 5.15 Å². The average Bonchev–Trinajstić information content (AvgIpc) is 3.02. The molecule has 2 aromatic heterocycles. The molecular weight excluding hydrogens is 640 g/mol. The van der Waals surface area contributed by atoms with Gasteiger partial charge in [0.05, 0.1) is 35.0 Å². The highest BCUT2D eigenvalue weighted by Crippen LogP contribution is 2.44. The molecule has 0 aliphatic rings. The summed E-state index contributed by atoms with van der Waals surface area (Å²) in [5, 5.41) is 25.8. The van der Waals surface area contributed by atoms with Gasteiger partial charge in [-0.25, -0.2) is 9.37 Å². The number of hydrogen-bond donors (Lipinski definition) is 2. The summed E-state index contributed by atoms with van der Waals surface area (Å²) in [6.45, 7) is 4.23. The van der Waals surface area contributed by atoms with Gasteiger partial charge >= 0.3 is 6.18 Å². The van der Waals surface area contributed by atoms with Gasteiger partial charge in [-0.3, -0.25) is 15.1 Å². The van der Waals surface area contributed by atoms with Crippen LogP contribution in [0.3, 0.4) is 0 Å². The fourth-order valence-electron chi connectivity index (χ4n) is 5.36. The maximum atomic E-state index is 14.1. The monoisotopic (exact) mass is 672 g/mol. The van der Waals surface area contributed by atoms with E-state index in [9.17, 15) is 32.8 Å². The number of benzene rings is 3. The first kappa shape index (κ1) is 35.3. The first-order chi connectivity index (χ1) is 22.1. The van der Waals surface area contributed by atoms with E-state index in [4.69, 9.17) is 16.3 Å². The molecule has 0 fully saturated rings. The van der Waals surface area contributed by atoms with E-state index in [1.807, 2.05) is 13.0 Å². The summed E-state index contributed by atoms with van der Waals surface area (Å²) in [5.74, 6) is -0.340. The second kappa shape index (κ2) is 14.1. The third-order valence-corrected chi connectivity index (χ3v) is 7.96. The van der Waals surface area contributed by atoms with Crippen LogP contribution < -0.4 is 10.1 Å². The molecule has 1 unspecified atom stereocenters. The summed E-state index contributed by atoms with van der Waals surface area (Å²) in [6, 6.07) is 20.3. The van der Waals surface area contributed by atoms with Crippen molar-refractivity contribution in [1.29, 1.82) is 0 Å². The highest BCUT2D eigenvalue weighted by atomic mass is 35.5. The lowest BCUT2D eigenvalue weighted by molar-refractivity contribution is -0.383. The number of ether oxygens (including phenoxy) is 1. The summed E-state index contributed by atoms with van der Waals surface area (Å²) in [7, 11) is 1.36. The highest BCUT2D eigenvalue weighted by Gasteiger charge is 2.56. The van der Waals surface area contributed by atoms with Crippen LogP contribution in [-0.4, -0.2) is 45.4 Å². The van der Waals surface area contributed by atoms with Crippen LogP contribution in [-0.2, 0) is 11.8 Å². The van der Waals surface area contributed by atoms with E-state index in [0.29, 0.717) is 32.6 Å². The molecule has 0 radical (unpaired) electrons. The minimum Gasteiger partial charge on any atom is -0.496 e. The number of non-ortho nitro benzene ring substituents is 1. The molecule has 0 aliphatic heterocycles. The summed E-state index contributed by atoms with van der Waals surface area (Å²) in [6.07, 6.45) is -4.91. The Hall–Kier alpha value is -4.55. The maximum Gasteiger partial charge on any atom is 0.418 e. The molecule has 248 valence electrons. The second-order valence-corrected chi connectivity index (χ2v) is 11.9. The van der Waals surface area contributed by atoms with Gasteiger partial charge in [0.1, 0.15) is 16.7 Å². The number of aromatic nitrogens is 2. The number of nitrogens with one attached hydrogen (secondary N) is 1.